The number of hydrogen-bond donors (Lipinski definition) is 2. The molecule has 0 aliphatic carbocycles. The zero-order chi connectivity index (χ0) is 12.0. The highest BCUT2D eigenvalue weighted by Crippen LogP contribution is 2.18. The van der Waals surface area contributed by atoms with Gasteiger partial charge in [0.15, 0.2) is 0 Å². The van der Waals surface area contributed by atoms with E-state index in [2.05, 4.69) is 38.3 Å². The zero-order valence-electron chi connectivity index (χ0n) is 11.3. The van der Waals surface area contributed by atoms with Crippen LogP contribution in [0, 0.1) is 5.92 Å². The molecule has 96 valence electrons. The lowest BCUT2D eigenvalue weighted by atomic mass is 10.0. The minimum Gasteiger partial charge on any atom is -0.377 e. The smallest absolute Gasteiger partial charge is 0.0725 e. The SMILES string of the molecule is CC1CCOC1CNCCCNC(C)(C)C. The highest BCUT2D eigenvalue weighted by atomic mass is 16.5. The van der Waals surface area contributed by atoms with E-state index in [0.717, 1.165) is 32.2 Å². The molecule has 1 aliphatic heterocycles. The van der Waals surface area contributed by atoms with Crippen molar-refractivity contribution in [3.8, 4) is 0 Å². The number of ether oxygens (including phenoxy) is 1. The summed E-state index contributed by atoms with van der Waals surface area (Å²) in [6, 6.07) is 0. The first-order chi connectivity index (χ1) is 7.49. The van der Waals surface area contributed by atoms with Crippen molar-refractivity contribution in [2.45, 2.75) is 52.2 Å². The van der Waals surface area contributed by atoms with Gasteiger partial charge in [0.2, 0.25) is 0 Å². The molecule has 1 rings (SSSR count). The van der Waals surface area contributed by atoms with E-state index in [0.29, 0.717) is 6.10 Å². The third-order valence-electron chi connectivity index (χ3n) is 3.07. The van der Waals surface area contributed by atoms with Crippen LogP contribution in [-0.2, 0) is 4.74 Å². The predicted molar refractivity (Wildman–Crippen MR) is 68.8 cm³/mol. The Morgan fingerprint density at radius 2 is 2.00 bits per heavy atom. The highest BCUT2D eigenvalue weighted by molar-refractivity contribution is 4.75. The van der Waals surface area contributed by atoms with Crippen LogP contribution in [0.1, 0.15) is 40.5 Å². The van der Waals surface area contributed by atoms with Gasteiger partial charge in [-0.3, -0.25) is 0 Å². The topological polar surface area (TPSA) is 33.3 Å². The maximum Gasteiger partial charge on any atom is 0.0725 e. The normalized spacial score (nSPS) is 26.2. The van der Waals surface area contributed by atoms with E-state index in [1.165, 1.54) is 12.8 Å². The van der Waals surface area contributed by atoms with Crippen LogP contribution in [0.4, 0.5) is 0 Å². The van der Waals surface area contributed by atoms with Crippen molar-refractivity contribution in [3.05, 3.63) is 0 Å². The monoisotopic (exact) mass is 228 g/mol. The molecule has 1 fully saturated rings. The fourth-order valence-electron chi connectivity index (χ4n) is 1.94. The Bertz CT molecular complexity index is 189. The van der Waals surface area contributed by atoms with Crippen LogP contribution in [0.3, 0.4) is 0 Å². The van der Waals surface area contributed by atoms with E-state index < -0.39 is 0 Å². The van der Waals surface area contributed by atoms with Crippen LogP contribution in [0.15, 0.2) is 0 Å². The Labute approximate surface area is 100 Å². The highest BCUT2D eigenvalue weighted by Gasteiger charge is 2.23. The van der Waals surface area contributed by atoms with E-state index in [9.17, 15) is 0 Å². The number of rotatable bonds is 6. The van der Waals surface area contributed by atoms with Gasteiger partial charge in [0.1, 0.15) is 0 Å². The van der Waals surface area contributed by atoms with Crippen LogP contribution in [0.25, 0.3) is 0 Å². The first kappa shape index (κ1) is 13.9. The molecule has 1 heterocycles. The summed E-state index contributed by atoms with van der Waals surface area (Å²) in [5.41, 5.74) is 0.239. The predicted octanol–water partition coefficient (Wildman–Crippen LogP) is 1.78. The second-order valence-corrected chi connectivity index (χ2v) is 5.91. The van der Waals surface area contributed by atoms with Crippen molar-refractivity contribution >= 4 is 0 Å². The summed E-state index contributed by atoms with van der Waals surface area (Å²) in [5.74, 6) is 0.722. The Balaban J connectivity index is 1.92. The van der Waals surface area contributed by atoms with Gasteiger partial charge in [-0.05, 0) is 52.6 Å². The van der Waals surface area contributed by atoms with Crippen molar-refractivity contribution in [1.29, 1.82) is 0 Å². The number of nitrogens with one attached hydrogen (secondary N) is 2. The lowest BCUT2D eigenvalue weighted by Crippen LogP contribution is -2.38. The van der Waals surface area contributed by atoms with Gasteiger partial charge < -0.3 is 15.4 Å². The van der Waals surface area contributed by atoms with Crippen molar-refractivity contribution < 1.29 is 4.74 Å². The van der Waals surface area contributed by atoms with Crippen LogP contribution in [-0.4, -0.2) is 37.9 Å². The standard InChI is InChI=1S/C13H28N2O/c1-11-6-9-16-12(11)10-14-7-5-8-15-13(2,3)4/h11-12,14-15H,5-10H2,1-4H3. The molecule has 0 aromatic carbocycles. The molecule has 2 atom stereocenters. The summed E-state index contributed by atoms with van der Waals surface area (Å²) >= 11 is 0. The van der Waals surface area contributed by atoms with E-state index in [-0.39, 0.29) is 5.54 Å². The van der Waals surface area contributed by atoms with Gasteiger partial charge in [-0.1, -0.05) is 6.92 Å². The van der Waals surface area contributed by atoms with Gasteiger partial charge in [-0.15, -0.1) is 0 Å². The van der Waals surface area contributed by atoms with Crippen molar-refractivity contribution in [2.24, 2.45) is 5.92 Å². The fraction of sp³-hybridized carbons (Fsp3) is 1.00. The molecule has 0 aromatic heterocycles. The Morgan fingerprint density at radius 3 is 2.56 bits per heavy atom. The minimum absolute atomic E-state index is 0.239. The summed E-state index contributed by atoms with van der Waals surface area (Å²) < 4.78 is 5.65. The molecule has 3 nitrogen and oxygen atoms in total. The Hall–Kier alpha value is -0.120. The summed E-state index contributed by atoms with van der Waals surface area (Å²) in [4.78, 5) is 0. The zero-order valence-corrected chi connectivity index (χ0v) is 11.3. The first-order valence-electron chi connectivity index (χ1n) is 6.56. The van der Waals surface area contributed by atoms with Crippen molar-refractivity contribution in [1.82, 2.24) is 10.6 Å². The second-order valence-electron chi connectivity index (χ2n) is 5.91. The van der Waals surface area contributed by atoms with E-state index in [1.807, 2.05) is 0 Å². The van der Waals surface area contributed by atoms with Crippen LogP contribution >= 0.6 is 0 Å². The van der Waals surface area contributed by atoms with Gasteiger partial charge in [0, 0.05) is 18.7 Å². The molecule has 3 heteroatoms. The molecule has 0 bridgehead atoms. The lowest BCUT2D eigenvalue weighted by Gasteiger charge is -2.20. The molecule has 0 spiro atoms. The minimum atomic E-state index is 0.239. The molecule has 0 aromatic rings. The summed E-state index contributed by atoms with van der Waals surface area (Å²) in [6.45, 7) is 13.0. The average molecular weight is 228 g/mol. The van der Waals surface area contributed by atoms with E-state index >= 15 is 0 Å². The molecular formula is C13H28N2O. The maximum atomic E-state index is 5.65. The van der Waals surface area contributed by atoms with Crippen molar-refractivity contribution in [3.63, 3.8) is 0 Å². The van der Waals surface area contributed by atoms with Crippen molar-refractivity contribution in [2.75, 3.05) is 26.2 Å². The molecule has 16 heavy (non-hydrogen) atoms. The quantitative estimate of drug-likeness (QED) is 0.680. The van der Waals surface area contributed by atoms with Gasteiger partial charge in [-0.2, -0.15) is 0 Å². The largest absolute Gasteiger partial charge is 0.377 e. The lowest BCUT2D eigenvalue weighted by molar-refractivity contribution is 0.0934. The molecular weight excluding hydrogens is 200 g/mol. The summed E-state index contributed by atoms with van der Waals surface area (Å²) in [6.07, 6.45) is 2.84. The second kappa shape index (κ2) is 6.58. The molecule has 0 saturated carbocycles. The number of hydrogen-bond acceptors (Lipinski definition) is 3. The average Bonchev–Trinajstić information content (AvgIpc) is 2.56. The van der Waals surface area contributed by atoms with Gasteiger partial charge in [-0.25, -0.2) is 0 Å². The molecule has 0 radical (unpaired) electrons. The molecule has 1 aliphatic rings. The Morgan fingerprint density at radius 1 is 1.25 bits per heavy atom. The van der Waals surface area contributed by atoms with Gasteiger partial charge in [0.25, 0.3) is 0 Å². The van der Waals surface area contributed by atoms with Gasteiger partial charge >= 0.3 is 0 Å². The molecule has 1 saturated heterocycles. The third-order valence-corrected chi connectivity index (χ3v) is 3.07. The molecule has 0 amide bonds. The summed E-state index contributed by atoms with van der Waals surface area (Å²) in [5, 5.41) is 6.97. The van der Waals surface area contributed by atoms with E-state index in [4.69, 9.17) is 4.74 Å². The fourth-order valence-corrected chi connectivity index (χ4v) is 1.94. The maximum absolute atomic E-state index is 5.65. The van der Waals surface area contributed by atoms with Crippen LogP contribution in [0.5, 0.6) is 0 Å². The van der Waals surface area contributed by atoms with Crippen LogP contribution in [0.2, 0.25) is 0 Å². The molecule has 2 unspecified atom stereocenters. The summed E-state index contributed by atoms with van der Waals surface area (Å²) in [7, 11) is 0. The molecule has 2 N–H and O–H groups in total. The van der Waals surface area contributed by atoms with Crippen LogP contribution < -0.4 is 10.6 Å². The van der Waals surface area contributed by atoms with E-state index in [1.54, 1.807) is 0 Å². The third kappa shape index (κ3) is 5.83. The van der Waals surface area contributed by atoms with Gasteiger partial charge in [0.05, 0.1) is 6.10 Å². The first-order valence-corrected chi connectivity index (χ1v) is 6.56. The Kier molecular flexibility index (Phi) is 5.73.